The van der Waals surface area contributed by atoms with Crippen LogP contribution >= 0.6 is 23.4 Å². The molecule has 1 heterocycles. The van der Waals surface area contributed by atoms with Crippen LogP contribution in [0.4, 0.5) is 5.69 Å². The van der Waals surface area contributed by atoms with Gasteiger partial charge >= 0.3 is 0 Å². The maximum Gasteiger partial charge on any atom is 0.262 e. The number of carbonyl (C=O) groups is 1. The van der Waals surface area contributed by atoms with Gasteiger partial charge in [-0.15, -0.1) is 0 Å². The first-order valence-electron chi connectivity index (χ1n) is 11.0. The molecule has 0 atom stereocenters. The lowest BCUT2D eigenvalue weighted by molar-refractivity contribution is -0.113. The SMILES string of the molecule is CCOCCCn1c(SCC(=O)Nc2ccccc2C(C)(C)C)nc2cc(Cl)ccc2c1=O. The molecule has 0 unspecified atom stereocenters. The van der Waals surface area contributed by atoms with Crippen LogP contribution in [0.15, 0.2) is 52.4 Å². The summed E-state index contributed by atoms with van der Waals surface area (Å²) in [6, 6.07) is 12.9. The second-order valence-electron chi connectivity index (χ2n) is 8.70. The van der Waals surface area contributed by atoms with E-state index in [4.69, 9.17) is 16.3 Å². The zero-order chi connectivity index (χ0) is 24.0. The molecule has 1 aromatic heterocycles. The van der Waals surface area contributed by atoms with Gasteiger partial charge in [-0.3, -0.25) is 14.2 Å². The molecule has 0 bridgehead atoms. The molecule has 8 heteroatoms. The maximum absolute atomic E-state index is 13.1. The Morgan fingerprint density at radius 2 is 1.97 bits per heavy atom. The van der Waals surface area contributed by atoms with E-state index in [9.17, 15) is 9.59 Å². The maximum atomic E-state index is 13.1. The van der Waals surface area contributed by atoms with Crippen molar-refractivity contribution >= 4 is 45.9 Å². The number of amides is 1. The molecule has 6 nitrogen and oxygen atoms in total. The van der Waals surface area contributed by atoms with Gasteiger partial charge in [0.2, 0.25) is 5.91 Å². The Kier molecular flexibility index (Phi) is 8.57. The first-order chi connectivity index (χ1) is 15.7. The highest BCUT2D eigenvalue weighted by molar-refractivity contribution is 7.99. The highest BCUT2D eigenvalue weighted by Gasteiger charge is 2.19. The molecule has 0 aliphatic rings. The topological polar surface area (TPSA) is 73.2 Å². The van der Waals surface area contributed by atoms with Gasteiger partial charge in [-0.1, -0.05) is 62.3 Å². The van der Waals surface area contributed by atoms with Crippen LogP contribution in [-0.4, -0.2) is 34.4 Å². The number of nitrogens with zero attached hydrogens (tertiary/aromatic N) is 2. The van der Waals surface area contributed by atoms with Gasteiger partial charge in [0.25, 0.3) is 5.56 Å². The van der Waals surface area contributed by atoms with E-state index in [-0.39, 0.29) is 22.6 Å². The predicted octanol–water partition coefficient (Wildman–Crippen LogP) is 5.50. The van der Waals surface area contributed by atoms with Crippen LogP contribution in [0.25, 0.3) is 10.9 Å². The molecule has 33 heavy (non-hydrogen) atoms. The van der Waals surface area contributed by atoms with E-state index in [1.54, 1.807) is 22.8 Å². The van der Waals surface area contributed by atoms with Crippen molar-refractivity contribution in [3.05, 3.63) is 63.4 Å². The molecule has 3 rings (SSSR count). The summed E-state index contributed by atoms with van der Waals surface area (Å²) in [5, 5.41) is 4.52. The Hall–Kier alpha value is -2.35. The Bertz CT molecular complexity index is 1190. The van der Waals surface area contributed by atoms with E-state index in [2.05, 4.69) is 31.1 Å². The number of hydrogen-bond donors (Lipinski definition) is 1. The first kappa shape index (κ1) is 25.3. The summed E-state index contributed by atoms with van der Waals surface area (Å²) in [7, 11) is 0. The molecular weight excluding hydrogens is 458 g/mol. The largest absolute Gasteiger partial charge is 0.382 e. The molecule has 0 spiro atoms. The van der Waals surface area contributed by atoms with Gasteiger partial charge < -0.3 is 10.1 Å². The standard InChI is InChI=1S/C25H30ClN3O3S/c1-5-32-14-8-13-29-23(31)18-12-11-17(26)15-21(18)28-24(29)33-16-22(30)27-20-10-7-6-9-19(20)25(2,3)4/h6-7,9-12,15H,5,8,13-14,16H2,1-4H3,(H,27,30). The van der Waals surface area contributed by atoms with Gasteiger partial charge in [-0.05, 0) is 48.6 Å². The minimum atomic E-state index is -0.155. The van der Waals surface area contributed by atoms with Crippen LogP contribution in [0.5, 0.6) is 0 Å². The van der Waals surface area contributed by atoms with Crippen molar-refractivity contribution in [2.75, 3.05) is 24.3 Å². The number of para-hydroxylation sites is 1. The first-order valence-corrected chi connectivity index (χ1v) is 12.4. The number of thioether (sulfide) groups is 1. The van der Waals surface area contributed by atoms with Crippen LogP contribution in [0.3, 0.4) is 0 Å². The highest BCUT2D eigenvalue weighted by atomic mass is 35.5. The van der Waals surface area contributed by atoms with Crippen LogP contribution in [0, 0.1) is 0 Å². The number of hydrogen-bond acceptors (Lipinski definition) is 5. The summed E-state index contributed by atoms with van der Waals surface area (Å²) >= 11 is 7.36. The van der Waals surface area contributed by atoms with Crippen molar-refractivity contribution in [3.63, 3.8) is 0 Å². The van der Waals surface area contributed by atoms with Gasteiger partial charge in [-0.25, -0.2) is 4.98 Å². The third-order valence-corrected chi connectivity index (χ3v) is 6.31. The molecule has 1 N–H and O–H groups in total. The fourth-order valence-electron chi connectivity index (χ4n) is 3.51. The molecule has 176 valence electrons. The minimum absolute atomic E-state index is 0.1000. The summed E-state index contributed by atoms with van der Waals surface area (Å²) < 4.78 is 7.04. The summed E-state index contributed by atoms with van der Waals surface area (Å²) in [5.41, 5.74) is 2.14. The zero-order valence-corrected chi connectivity index (χ0v) is 21.1. The summed E-state index contributed by atoms with van der Waals surface area (Å²) in [5.74, 6) is -0.0272. The second-order valence-corrected chi connectivity index (χ2v) is 10.1. The van der Waals surface area contributed by atoms with Crippen LogP contribution in [0.2, 0.25) is 5.02 Å². The van der Waals surface area contributed by atoms with Crippen molar-refractivity contribution in [2.45, 2.75) is 51.2 Å². The number of carbonyl (C=O) groups excluding carboxylic acids is 1. The molecule has 0 saturated heterocycles. The molecule has 3 aromatic rings. The number of nitrogens with one attached hydrogen (secondary N) is 1. The van der Waals surface area contributed by atoms with Crippen molar-refractivity contribution in [3.8, 4) is 0 Å². The van der Waals surface area contributed by atoms with E-state index < -0.39 is 0 Å². The molecular formula is C25H30ClN3O3S. The highest BCUT2D eigenvalue weighted by Crippen LogP contribution is 2.29. The lowest BCUT2D eigenvalue weighted by atomic mass is 9.86. The Labute approximate surface area is 203 Å². The van der Waals surface area contributed by atoms with Crippen LogP contribution < -0.4 is 10.9 Å². The quantitative estimate of drug-likeness (QED) is 0.245. The van der Waals surface area contributed by atoms with Crippen molar-refractivity contribution in [1.82, 2.24) is 9.55 Å². The molecule has 1 amide bonds. The molecule has 2 aromatic carbocycles. The van der Waals surface area contributed by atoms with Crippen molar-refractivity contribution < 1.29 is 9.53 Å². The number of ether oxygens (including phenoxy) is 1. The van der Waals surface area contributed by atoms with E-state index in [0.717, 1.165) is 11.3 Å². The number of rotatable bonds is 9. The number of anilines is 1. The molecule has 0 aliphatic heterocycles. The molecule has 0 radical (unpaired) electrons. The van der Waals surface area contributed by atoms with E-state index in [1.807, 2.05) is 31.2 Å². The number of benzene rings is 2. The third-order valence-electron chi connectivity index (χ3n) is 5.10. The average Bonchev–Trinajstić information content (AvgIpc) is 2.76. The second kappa shape index (κ2) is 11.2. The van der Waals surface area contributed by atoms with E-state index in [1.165, 1.54) is 11.8 Å². The monoisotopic (exact) mass is 487 g/mol. The normalized spacial score (nSPS) is 11.7. The summed E-state index contributed by atoms with van der Waals surface area (Å²) in [4.78, 5) is 30.6. The smallest absolute Gasteiger partial charge is 0.262 e. The third kappa shape index (κ3) is 6.59. The molecule has 0 fully saturated rings. The van der Waals surface area contributed by atoms with E-state index in [0.29, 0.717) is 47.3 Å². The fraction of sp³-hybridized carbons (Fsp3) is 0.400. The van der Waals surface area contributed by atoms with Gasteiger partial charge in [0.1, 0.15) is 0 Å². The van der Waals surface area contributed by atoms with Gasteiger partial charge in [-0.2, -0.15) is 0 Å². The average molecular weight is 488 g/mol. The van der Waals surface area contributed by atoms with Gasteiger partial charge in [0, 0.05) is 30.5 Å². The number of fused-ring (bicyclic) bond motifs is 1. The van der Waals surface area contributed by atoms with Crippen molar-refractivity contribution in [2.24, 2.45) is 0 Å². The number of halogens is 1. The van der Waals surface area contributed by atoms with E-state index >= 15 is 0 Å². The summed E-state index contributed by atoms with van der Waals surface area (Å²) in [6.45, 7) is 9.90. The Morgan fingerprint density at radius 3 is 2.70 bits per heavy atom. The van der Waals surface area contributed by atoms with Crippen LogP contribution in [0.1, 0.15) is 39.7 Å². The van der Waals surface area contributed by atoms with Gasteiger partial charge in [0.05, 0.1) is 16.7 Å². The van der Waals surface area contributed by atoms with Gasteiger partial charge in [0.15, 0.2) is 5.16 Å². The summed E-state index contributed by atoms with van der Waals surface area (Å²) in [6.07, 6.45) is 0.674. The lowest BCUT2D eigenvalue weighted by Gasteiger charge is -2.23. The number of aromatic nitrogens is 2. The Morgan fingerprint density at radius 1 is 1.21 bits per heavy atom. The predicted molar refractivity (Wildman–Crippen MR) is 137 cm³/mol. The molecule has 0 saturated carbocycles. The molecule has 0 aliphatic carbocycles. The van der Waals surface area contributed by atoms with Crippen LogP contribution in [-0.2, 0) is 21.5 Å². The zero-order valence-electron chi connectivity index (χ0n) is 19.5. The lowest BCUT2D eigenvalue weighted by Crippen LogP contribution is -2.25. The fourth-order valence-corrected chi connectivity index (χ4v) is 4.50. The van der Waals surface area contributed by atoms with Crippen molar-refractivity contribution in [1.29, 1.82) is 0 Å². The minimum Gasteiger partial charge on any atom is -0.382 e. The Balaban J connectivity index is 1.82.